The molecule has 0 N–H and O–H groups in total. The Morgan fingerprint density at radius 1 is 0.457 bits per heavy atom. The molecule has 334 valence electrons. The van der Waals surface area contributed by atoms with E-state index in [0.717, 1.165) is 28.1 Å². The topological polar surface area (TPSA) is 26.0 Å². The second-order valence-electron chi connectivity index (χ2n) is 22.4. The first-order valence-corrected chi connectivity index (χ1v) is 25.0. The van der Waals surface area contributed by atoms with E-state index in [1.165, 1.54) is 111 Å². The number of benzene rings is 9. The summed E-state index contributed by atoms with van der Waals surface area (Å²) in [5.74, 6) is 0.933. The quantitative estimate of drug-likeness (QED) is 0.165. The first-order chi connectivity index (χ1) is 33.9. The highest BCUT2D eigenvalue weighted by atomic mass is 15.1. The summed E-state index contributed by atoms with van der Waals surface area (Å²) in [6, 6.07) is 69.0. The molecule has 5 heteroatoms. The van der Waals surface area contributed by atoms with Crippen LogP contribution >= 0.6 is 0 Å². The van der Waals surface area contributed by atoms with E-state index >= 15 is 0 Å². The van der Waals surface area contributed by atoms with Crippen molar-refractivity contribution >= 4 is 62.0 Å². The Morgan fingerprint density at radius 2 is 1.09 bits per heavy atom. The van der Waals surface area contributed by atoms with Crippen molar-refractivity contribution in [3.8, 4) is 56.1 Å². The van der Waals surface area contributed by atoms with E-state index in [2.05, 4.69) is 244 Å². The van der Waals surface area contributed by atoms with Crippen LogP contribution in [0.25, 0.3) is 89.0 Å². The number of fused-ring (bicyclic) bond motifs is 15. The molecule has 4 nitrogen and oxygen atoms in total. The molecule has 0 saturated heterocycles. The van der Waals surface area contributed by atoms with E-state index in [0.29, 0.717) is 0 Å². The van der Waals surface area contributed by atoms with Crippen LogP contribution in [-0.2, 0) is 16.2 Å². The van der Waals surface area contributed by atoms with Crippen molar-refractivity contribution in [1.29, 1.82) is 0 Å². The van der Waals surface area contributed by atoms with Gasteiger partial charge in [0.2, 0.25) is 0 Å². The summed E-state index contributed by atoms with van der Waals surface area (Å²) in [4.78, 5) is 8.31. The highest BCUT2D eigenvalue weighted by Gasteiger charge is 2.47. The number of hydrogen-bond donors (Lipinski definition) is 0. The second kappa shape index (κ2) is 13.5. The van der Waals surface area contributed by atoms with Gasteiger partial charge in [-0.05, 0) is 133 Å². The molecule has 70 heavy (non-hydrogen) atoms. The van der Waals surface area contributed by atoms with Crippen LogP contribution in [0.2, 0.25) is 0 Å². The Balaban J connectivity index is 1.11. The maximum absolute atomic E-state index is 5.62. The fourth-order valence-electron chi connectivity index (χ4n) is 13.4. The van der Waals surface area contributed by atoms with Gasteiger partial charge in [0.15, 0.2) is 0 Å². The lowest BCUT2D eigenvalue weighted by atomic mass is 9.44. The molecule has 0 fully saturated rings. The summed E-state index contributed by atoms with van der Waals surface area (Å²) in [5, 5.41) is 2.58. The number of nitrogens with zero attached hydrogens (tertiary/aromatic N) is 4. The molecule has 0 atom stereocenters. The van der Waals surface area contributed by atoms with Gasteiger partial charge in [0.05, 0.1) is 22.1 Å². The van der Waals surface area contributed by atoms with Crippen molar-refractivity contribution in [3.05, 3.63) is 210 Å². The maximum Gasteiger partial charge on any atom is 0.333 e. The number of rotatable bonds is 3. The van der Waals surface area contributed by atoms with Gasteiger partial charge in [0.25, 0.3) is 0 Å². The zero-order valence-corrected chi connectivity index (χ0v) is 40.7. The monoisotopic (exact) mass is 898 g/mol. The molecule has 11 aromatic rings. The van der Waals surface area contributed by atoms with Crippen LogP contribution in [0.5, 0.6) is 0 Å². The van der Waals surface area contributed by atoms with Gasteiger partial charge in [0, 0.05) is 55.5 Å². The molecule has 9 aromatic carbocycles. The summed E-state index contributed by atoms with van der Waals surface area (Å²) in [6.07, 6.45) is 0. The maximum atomic E-state index is 5.62. The van der Waals surface area contributed by atoms with Gasteiger partial charge in [-0.1, -0.05) is 170 Å². The highest BCUT2D eigenvalue weighted by Crippen LogP contribution is 2.56. The van der Waals surface area contributed by atoms with E-state index in [1.807, 2.05) is 0 Å². The molecule has 15 rings (SSSR count). The normalized spacial score (nSPS) is 15.2. The summed E-state index contributed by atoms with van der Waals surface area (Å²) < 4.78 is 5.02. The Bertz CT molecular complexity index is 4090. The molecule has 4 heterocycles. The fourth-order valence-corrected chi connectivity index (χ4v) is 13.4. The predicted molar refractivity (Wildman–Crippen MR) is 294 cm³/mol. The van der Waals surface area contributed by atoms with Crippen LogP contribution in [0.4, 0.5) is 11.4 Å². The minimum Gasteiger partial charge on any atom is -0.376 e. The van der Waals surface area contributed by atoms with Crippen LogP contribution < -0.4 is 15.7 Å². The van der Waals surface area contributed by atoms with Crippen LogP contribution in [0.3, 0.4) is 0 Å². The minimum atomic E-state index is -0.156. The van der Waals surface area contributed by atoms with Crippen LogP contribution in [0.1, 0.15) is 76.3 Å². The molecular formula is C65H51BN4. The molecule has 0 amide bonds. The molecule has 0 unspecified atom stereocenters. The van der Waals surface area contributed by atoms with E-state index < -0.39 is 0 Å². The Morgan fingerprint density at radius 3 is 1.77 bits per heavy atom. The highest BCUT2D eigenvalue weighted by molar-refractivity contribution is 6.93. The van der Waals surface area contributed by atoms with Gasteiger partial charge in [-0.3, -0.25) is 4.57 Å². The van der Waals surface area contributed by atoms with E-state index in [4.69, 9.17) is 4.98 Å². The van der Waals surface area contributed by atoms with Crippen molar-refractivity contribution in [2.75, 3.05) is 4.81 Å². The summed E-state index contributed by atoms with van der Waals surface area (Å²) in [6.45, 7) is 16.4. The lowest BCUT2D eigenvalue weighted by Crippen LogP contribution is -2.60. The van der Waals surface area contributed by atoms with Crippen molar-refractivity contribution in [2.24, 2.45) is 0 Å². The van der Waals surface area contributed by atoms with Crippen LogP contribution in [0.15, 0.2) is 182 Å². The Kier molecular flexibility index (Phi) is 7.70. The molecular weight excluding hydrogens is 848 g/mol. The standard InChI is InChI=1S/C65H51BN4/c1-63(2,3)39-26-28-41(29-27-39)70-57-34-47-43-23-15-17-25-51(43)64(4,5)52(47)33-49(57)44-30-31-45-48-32-46-42-22-14-16-24-50(42)65(6,7)53(46)35-56(48)69-58-37-59-55(36-54(58)66(70)60(44)61(45)69)67-62(38-18-10-8-11-19-38)68(59)40-20-12-9-13-21-40/h8-37H,1-7H3. The number of aromatic nitrogens is 3. The molecule has 4 aliphatic rings. The molecule has 2 aromatic heterocycles. The average molecular weight is 899 g/mol. The fraction of sp³-hybridized carbons (Fsp3) is 0.154. The van der Waals surface area contributed by atoms with Crippen LogP contribution in [-0.4, -0.2) is 21.0 Å². The third kappa shape index (κ3) is 5.09. The molecule has 0 spiro atoms. The SMILES string of the molecule is CC(C)(C)c1ccc(N2B3c4cc5nc(-c6ccccc6)n(-c6ccccc6)c5cc4-n4c5cc6c(cc5c5ccc(c3c54)-c3cc4c(cc32)-c2ccccc2C4(C)C)-c2ccccc2C6(C)C)cc1. The van der Waals surface area contributed by atoms with Gasteiger partial charge >= 0.3 is 6.85 Å². The Hall–Kier alpha value is -7.89. The van der Waals surface area contributed by atoms with Crippen molar-refractivity contribution in [3.63, 3.8) is 0 Å². The smallest absolute Gasteiger partial charge is 0.333 e. The van der Waals surface area contributed by atoms with Crippen molar-refractivity contribution < 1.29 is 0 Å². The second-order valence-corrected chi connectivity index (χ2v) is 22.4. The van der Waals surface area contributed by atoms with Crippen molar-refractivity contribution in [1.82, 2.24) is 14.1 Å². The van der Waals surface area contributed by atoms with E-state index in [1.54, 1.807) is 0 Å². The average Bonchev–Trinajstić information content (AvgIpc) is 4.05. The summed E-state index contributed by atoms with van der Waals surface area (Å²) >= 11 is 0. The molecule has 0 radical (unpaired) electrons. The lowest BCUT2D eigenvalue weighted by Gasteiger charge is -2.42. The third-order valence-corrected chi connectivity index (χ3v) is 16.8. The Labute approximate surface area is 409 Å². The zero-order valence-electron chi connectivity index (χ0n) is 40.7. The summed E-state index contributed by atoms with van der Waals surface area (Å²) in [5.41, 5.74) is 27.5. The number of para-hydroxylation sites is 1. The summed E-state index contributed by atoms with van der Waals surface area (Å²) in [7, 11) is 0. The van der Waals surface area contributed by atoms with Gasteiger partial charge in [0.1, 0.15) is 5.82 Å². The zero-order chi connectivity index (χ0) is 47.2. The largest absolute Gasteiger partial charge is 0.376 e. The lowest BCUT2D eigenvalue weighted by molar-refractivity contribution is 0.590. The number of imidazole rings is 1. The van der Waals surface area contributed by atoms with Crippen LogP contribution in [0, 0.1) is 0 Å². The number of anilines is 2. The molecule has 2 aliphatic carbocycles. The third-order valence-electron chi connectivity index (χ3n) is 16.8. The first kappa shape index (κ1) is 40.0. The van der Waals surface area contributed by atoms with E-state index in [9.17, 15) is 0 Å². The van der Waals surface area contributed by atoms with Gasteiger partial charge < -0.3 is 9.38 Å². The number of hydrogen-bond acceptors (Lipinski definition) is 2. The first-order valence-electron chi connectivity index (χ1n) is 25.0. The van der Waals surface area contributed by atoms with Crippen molar-refractivity contribution in [2.45, 2.75) is 64.7 Å². The van der Waals surface area contributed by atoms with Gasteiger partial charge in [-0.2, -0.15) is 0 Å². The van der Waals surface area contributed by atoms with E-state index in [-0.39, 0.29) is 23.1 Å². The van der Waals surface area contributed by atoms with Gasteiger partial charge in [-0.25, -0.2) is 4.98 Å². The minimum absolute atomic E-state index is 0.0145. The van der Waals surface area contributed by atoms with Gasteiger partial charge in [-0.15, -0.1) is 0 Å². The predicted octanol–water partition coefficient (Wildman–Crippen LogP) is 14.9. The molecule has 0 saturated carbocycles. The molecule has 0 bridgehead atoms. The molecule has 2 aliphatic heterocycles.